The molecule has 8 heteroatoms. The Balaban J connectivity index is 2.38. The van der Waals surface area contributed by atoms with E-state index in [0.29, 0.717) is 16.9 Å². The minimum absolute atomic E-state index is 0.0481. The highest BCUT2D eigenvalue weighted by Gasteiger charge is 2.34. The zero-order valence-corrected chi connectivity index (χ0v) is 15.1. The summed E-state index contributed by atoms with van der Waals surface area (Å²) in [4.78, 5) is 24.1. The number of fused-ring (bicyclic) bond motifs is 2. The number of phenols is 1. The number of carbonyl (C=O) groups is 2. The van der Waals surface area contributed by atoms with E-state index >= 15 is 0 Å². The molecule has 0 bridgehead atoms. The Bertz CT molecular complexity index is 979. The molecular weight excluding hydrogens is 364 g/mol. The summed E-state index contributed by atoms with van der Waals surface area (Å²) in [5.74, 6) is -2.40. The molecule has 136 valence electrons. The number of ether oxygens (including phenoxy) is 3. The van der Waals surface area contributed by atoms with E-state index in [1.54, 1.807) is 19.9 Å². The standard InChI is InChI=1S/C18H15ClO7/c1-6-5-9(24-4)7(2)14-10(6)18(23)26-16-12(19)13(20)11(17(21)22)8(3)15(16)25-14/h5,20H,1-4H3,(H,21,22). The average Bonchev–Trinajstić information content (AvgIpc) is 2.73. The van der Waals surface area contributed by atoms with Gasteiger partial charge in [-0.2, -0.15) is 0 Å². The summed E-state index contributed by atoms with van der Waals surface area (Å²) >= 11 is 6.06. The van der Waals surface area contributed by atoms with Crippen molar-refractivity contribution in [2.75, 3.05) is 7.11 Å². The van der Waals surface area contributed by atoms with E-state index in [9.17, 15) is 19.8 Å². The van der Waals surface area contributed by atoms with Crippen LogP contribution in [0.4, 0.5) is 0 Å². The van der Waals surface area contributed by atoms with Gasteiger partial charge in [0, 0.05) is 11.1 Å². The van der Waals surface area contributed by atoms with E-state index in [2.05, 4.69) is 0 Å². The van der Waals surface area contributed by atoms with Crippen LogP contribution in [-0.2, 0) is 0 Å². The zero-order chi connectivity index (χ0) is 19.3. The molecule has 0 saturated carbocycles. The highest BCUT2D eigenvalue weighted by Crippen LogP contribution is 2.51. The molecule has 7 nitrogen and oxygen atoms in total. The maximum Gasteiger partial charge on any atom is 0.347 e. The van der Waals surface area contributed by atoms with Gasteiger partial charge in [-0.3, -0.25) is 0 Å². The smallest absolute Gasteiger partial charge is 0.347 e. The van der Waals surface area contributed by atoms with Crippen molar-refractivity contribution >= 4 is 23.5 Å². The van der Waals surface area contributed by atoms with E-state index in [-0.39, 0.29) is 28.4 Å². The molecule has 2 aromatic rings. The van der Waals surface area contributed by atoms with Crippen LogP contribution in [0, 0.1) is 20.8 Å². The van der Waals surface area contributed by atoms with Crippen molar-refractivity contribution in [1.82, 2.24) is 0 Å². The van der Waals surface area contributed by atoms with Crippen molar-refractivity contribution in [2.24, 2.45) is 0 Å². The van der Waals surface area contributed by atoms with Crippen molar-refractivity contribution in [3.63, 3.8) is 0 Å². The van der Waals surface area contributed by atoms with Crippen LogP contribution < -0.4 is 14.2 Å². The molecule has 26 heavy (non-hydrogen) atoms. The topological polar surface area (TPSA) is 102 Å². The molecule has 1 aliphatic rings. The summed E-state index contributed by atoms with van der Waals surface area (Å²) in [6.07, 6.45) is 0. The Morgan fingerprint density at radius 1 is 1.12 bits per heavy atom. The van der Waals surface area contributed by atoms with Gasteiger partial charge in [-0.25, -0.2) is 9.59 Å². The van der Waals surface area contributed by atoms with E-state index in [0.717, 1.165) is 0 Å². The summed E-state index contributed by atoms with van der Waals surface area (Å²) < 4.78 is 16.5. The van der Waals surface area contributed by atoms with Crippen molar-refractivity contribution in [1.29, 1.82) is 0 Å². The summed E-state index contributed by atoms with van der Waals surface area (Å²) in [5.41, 5.74) is 0.918. The molecular formula is C18H15ClO7. The summed E-state index contributed by atoms with van der Waals surface area (Å²) in [6, 6.07) is 1.67. The van der Waals surface area contributed by atoms with Gasteiger partial charge in [0.25, 0.3) is 0 Å². The van der Waals surface area contributed by atoms with Crippen LogP contribution in [0.1, 0.15) is 37.4 Å². The first-order valence-electron chi connectivity index (χ1n) is 7.55. The molecule has 0 spiro atoms. The molecule has 0 amide bonds. The number of carboxylic acid groups (broad SMARTS) is 1. The van der Waals surface area contributed by atoms with Crippen molar-refractivity contribution in [3.05, 3.63) is 38.9 Å². The quantitative estimate of drug-likeness (QED) is 0.601. The molecule has 0 atom stereocenters. The SMILES string of the molecule is COc1cc(C)c2c(c1C)Oc1c(C)c(C(=O)O)c(O)c(Cl)c1OC2=O. The van der Waals surface area contributed by atoms with Gasteiger partial charge in [-0.05, 0) is 32.4 Å². The van der Waals surface area contributed by atoms with Crippen molar-refractivity contribution in [3.8, 4) is 28.7 Å². The van der Waals surface area contributed by atoms with Gasteiger partial charge < -0.3 is 24.4 Å². The number of methoxy groups -OCH3 is 1. The number of hydrogen-bond acceptors (Lipinski definition) is 6. The fraction of sp³-hybridized carbons (Fsp3) is 0.222. The van der Waals surface area contributed by atoms with Crippen molar-refractivity contribution in [2.45, 2.75) is 20.8 Å². The Morgan fingerprint density at radius 3 is 2.35 bits per heavy atom. The Kier molecular flexibility index (Phi) is 4.20. The van der Waals surface area contributed by atoms with Gasteiger partial charge in [-0.1, -0.05) is 11.6 Å². The third kappa shape index (κ3) is 2.43. The summed E-state index contributed by atoms with van der Waals surface area (Å²) in [7, 11) is 1.49. The molecule has 2 N–H and O–H groups in total. The Labute approximate surface area is 153 Å². The Hall–Kier alpha value is -2.93. The highest BCUT2D eigenvalue weighted by atomic mass is 35.5. The van der Waals surface area contributed by atoms with Crippen LogP contribution >= 0.6 is 11.6 Å². The second kappa shape index (κ2) is 6.10. The second-order valence-corrected chi connectivity index (χ2v) is 6.22. The van der Waals surface area contributed by atoms with E-state index in [1.165, 1.54) is 14.0 Å². The van der Waals surface area contributed by atoms with Gasteiger partial charge >= 0.3 is 11.9 Å². The fourth-order valence-corrected chi connectivity index (χ4v) is 3.17. The lowest BCUT2D eigenvalue weighted by atomic mass is 10.0. The number of halogens is 1. The molecule has 2 aromatic carbocycles. The first-order valence-corrected chi connectivity index (χ1v) is 7.93. The molecule has 0 fully saturated rings. The zero-order valence-electron chi connectivity index (χ0n) is 14.4. The van der Waals surface area contributed by atoms with Gasteiger partial charge in [0.2, 0.25) is 0 Å². The predicted octanol–water partition coefficient (Wildman–Crippen LogP) is 4.00. The monoisotopic (exact) mass is 378 g/mol. The number of aryl methyl sites for hydroxylation is 1. The molecule has 1 aliphatic heterocycles. The number of rotatable bonds is 2. The van der Waals surface area contributed by atoms with Gasteiger partial charge in [-0.15, -0.1) is 0 Å². The number of carbonyl (C=O) groups excluding carboxylic acids is 1. The fourth-order valence-electron chi connectivity index (χ4n) is 2.95. The van der Waals surface area contributed by atoms with Gasteiger partial charge in [0.05, 0.1) is 7.11 Å². The summed E-state index contributed by atoms with van der Waals surface area (Å²) in [6.45, 7) is 4.82. The lowest BCUT2D eigenvalue weighted by molar-refractivity contribution is 0.0692. The third-order valence-electron chi connectivity index (χ3n) is 4.28. The number of esters is 1. The number of aromatic hydroxyl groups is 1. The van der Waals surface area contributed by atoms with E-state index in [4.69, 9.17) is 25.8 Å². The van der Waals surface area contributed by atoms with Crippen molar-refractivity contribution < 1.29 is 34.0 Å². The number of carboxylic acids is 1. The maximum atomic E-state index is 12.6. The van der Waals surface area contributed by atoms with E-state index in [1.807, 2.05) is 0 Å². The lowest BCUT2D eigenvalue weighted by Crippen LogP contribution is -2.10. The lowest BCUT2D eigenvalue weighted by Gasteiger charge is -2.17. The number of benzene rings is 2. The molecule has 0 aromatic heterocycles. The number of aromatic carboxylic acids is 1. The largest absolute Gasteiger partial charge is 0.505 e. The van der Waals surface area contributed by atoms with Crippen LogP contribution in [0.2, 0.25) is 5.02 Å². The van der Waals surface area contributed by atoms with Crippen LogP contribution in [0.25, 0.3) is 0 Å². The molecule has 0 radical (unpaired) electrons. The molecule has 0 unspecified atom stereocenters. The predicted molar refractivity (Wildman–Crippen MR) is 92.3 cm³/mol. The first kappa shape index (κ1) is 17.9. The van der Waals surface area contributed by atoms with Crippen LogP contribution in [0.15, 0.2) is 6.07 Å². The third-order valence-corrected chi connectivity index (χ3v) is 4.63. The van der Waals surface area contributed by atoms with Crippen LogP contribution in [-0.4, -0.2) is 29.3 Å². The molecule has 0 aliphatic carbocycles. The van der Waals surface area contributed by atoms with Crippen LogP contribution in [0.3, 0.4) is 0 Å². The van der Waals surface area contributed by atoms with Gasteiger partial charge in [0.15, 0.2) is 17.2 Å². The minimum Gasteiger partial charge on any atom is -0.505 e. The van der Waals surface area contributed by atoms with E-state index < -0.39 is 28.3 Å². The summed E-state index contributed by atoms with van der Waals surface area (Å²) in [5, 5.41) is 19.1. The second-order valence-electron chi connectivity index (χ2n) is 5.84. The molecule has 3 rings (SSSR count). The Morgan fingerprint density at radius 2 is 1.77 bits per heavy atom. The molecule has 0 saturated heterocycles. The normalized spacial score (nSPS) is 12.4. The van der Waals surface area contributed by atoms with Crippen LogP contribution in [0.5, 0.6) is 28.7 Å². The van der Waals surface area contributed by atoms with Gasteiger partial charge in [0.1, 0.15) is 27.6 Å². The highest BCUT2D eigenvalue weighted by molar-refractivity contribution is 6.34. The number of hydrogen-bond donors (Lipinski definition) is 2. The maximum absolute atomic E-state index is 12.6. The average molecular weight is 379 g/mol. The minimum atomic E-state index is -1.39. The first-order chi connectivity index (χ1) is 12.2. The molecule has 1 heterocycles.